The predicted molar refractivity (Wildman–Crippen MR) is 97.1 cm³/mol. The third-order valence-corrected chi connectivity index (χ3v) is 6.34. The minimum Gasteiger partial charge on any atom is -0.390 e. The standard InChI is InChI=1S/C21H27FN2O/c1-20(2,25)15-7-10-21(22,11-8-15)12-9-18-16-5-3-4-6-17(16)19-13-23-14-24(18)19/h3-6,13-15,18,25H,7-12H2,1-2H3. The maximum Gasteiger partial charge on any atom is 0.111 e. The second-order valence-electron chi connectivity index (χ2n) is 8.41. The van der Waals surface area contributed by atoms with Gasteiger partial charge in [0.15, 0.2) is 0 Å². The van der Waals surface area contributed by atoms with Crippen molar-refractivity contribution in [1.82, 2.24) is 9.55 Å². The number of halogens is 1. The summed E-state index contributed by atoms with van der Waals surface area (Å²) >= 11 is 0. The van der Waals surface area contributed by atoms with Gasteiger partial charge in [-0.25, -0.2) is 9.37 Å². The lowest BCUT2D eigenvalue weighted by Gasteiger charge is -2.39. The van der Waals surface area contributed by atoms with Gasteiger partial charge in [-0.1, -0.05) is 24.3 Å². The van der Waals surface area contributed by atoms with Crippen LogP contribution in [0.15, 0.2) is 36.8 Å². The average Bonchev–Trinajstić information content (AvgIpc) is 3.14. The van der Waals surface area contributed by atoms with E-state index >= 15 is 4.39 Å². The van der Waals surface area contributed by atoms with Crippen LogP contribution in [0.1, 0.15) is 64.0 Å². The summed E-state index contributed by atoms with van der Waals surface area (Å²) < 4.78 is 17.5. The molecule has 0 bridgehead atoms. The van der Waals surface area contributed by atoms with Gasteiger partial charge in [0.2, 0.25) is 0 Å². The van der Waals surface area contributed by atoms with Gasteiger partial charge in [-0.15, -0.1) is 0 Å². The molecule has 3 nitrogen and oxygen atoms in total. The Morgan fingerprint density at radius 1 is 1.28 bits per heavy atom. The van der Waals surface area contributed by atoms with E-state index in [9.17, 15) is 5.11 Å². The van der Waals surface area contributed by atoms with Crippen LogP contribution in [0.4, 0.5) is 4.39 Å². The molecule has 1 aromatic carbocycles. The molecule has 2 aromatic rings. The minimum absolute atomic E-state index is 0.188. The van der Waals surface area contributed by atoms with E-state index in [-0.39, 0.29) is 12.0 Å². The number of imidazole rings is 1. The molecule has 1 N–H and O–H groups in total. The van der Waals surface area contributed by atoms with E-state index in [0.717, 1.165) is 25.0 Å². The van der Waals surface area contributed by atoms with Crippen molar-refractivity contribution in [2.75, 3.05) is 0 Å². The number of nitrogens with zero attached hydrogens (tertiary/aromatic N) is 2. The van der Waals surface area contributed by atoms with Gasteiger partial charge in [-0.3, -0.25) is 0 Å². The monoisotopic (exact) mass is 342 g/mol. The van der Waals surface area contributed by atoms with Crippen molar-refractivity contribution in [3.8, 4) is 11.3 Å². The smallest absolute Gasteiger partial charge is 0.111 e. The van der Waals surface area contributed by atoms with Gasteiger partial charge in [0.1, 0.15) is 5.67 Å². The fourth-order valence-electron chi connectivity index (χ4n) is 4.71. The lowest BCUT2D eigenvalue weighted by Crippen LogP contribution is -2.39. The first-order valence-electron chi connectivity index (χ1n) is 9.40. The van der Waals surface area contributed by atoms with E-state index in [2.05, 4.69) is 27.8 Å². The summed E-state index contributed by atoms with van der Waals surface area (Å²) in [6.45, 7) is 3.69. The van der Waals surface area contributed by atoms with E-state index in [1.807, 2.05) is 32.4 Å². The zero-order valence-electron chi connectivity index (χ0n) is 15.1. The Morgan fingerprint density at radius 3 is 2.72 bits per heavy atom. The SMILES string of the molecule is CC(C)(O)C1CCC(F)(CCC2c3ccccc3-c3cncn32)CC1. The molecule has 4 heteroatoms. The maximum atomic E-state index is 15.4. The van der Waals surface area contributed by atoms with Gasteiger partial charge in [0.05, 0.1) is 29.9 Å². The van der Waals surface area contributed by atoms with E-state index in [1.54, 1.807) is 0 Å². The van der Waals surface area contributed by atoms with Gasteiger partial charge in [-0.2, -0.15) is 0 Å². The molecule has 1 aliphatic heterocycles. The largest absolute Gasteiger partial charge is 0.390 e. The Labute approximate surface area is 148 Å². The molecule has 1 atom stereocenters. The summed E-state index contributed by atoms with van der Waals surface area (Å²) in [6, 6.07) is 8.58. The molecule has 1 aliphatic carbocycles. The number of aliphatic hydroxyl groups is 1. The second-order valence-corrected chi connectivity index (χ2v) is 8.41. The van der Waals surface area contributed by atoms with Crippen molar-refractivity contribution >= 4 is 0 Å². The Bertz CT molecular complexity index is 753. The van der Waals surface area contributed by atoms with Gasteiger partial charge in [0, 0.05) is 5.56 Å². The summed E-state index contributed by atoms with van der Waals surface area (Å²) in [4.78, 5) is 4.28. The molecule has 1 unspecified atom stereocenters. The molecule has 25 heavy (non-hydrogen) atoms. The molecule has 0 saturated heterocycles. The third kappa shape index (κ3) is 3.01. The first kappa shape index (κ1) is 16.8. The highest BCUT2D eigenvalue weighted by Gasteiger charge is 2.40. The zero-order chi connectivity index (χ0) is 17.7. The molecule has 2 aliphatic rings. The van der Waals surface area contributed by atoms with Crippen LogP contribution >= 0.6 is 0 Å². The number of rotatable bonds is 4. The van der Waals surface area contributed by atoms with Crippen molar-refractivity contribution in [2.24, 2.45) is 5.92 Å². The van der Waals surface area contributed by atoms with Crippen LogP contribution in [0, 0.1) is 5.92 Å². The molecule has 4 rings (SSSR count). The van der Waals surface area contributed by atoms with Gasteiger partial charge < -0.3 is 9.67 Å². The van der Waals surface area contributed by atoms with Crippen molar-refractivity contribution in [1.29, 1.82) is 0 Å². The van der Waals surface area contributed by atoms with Crippen LogP contribution in [0.25, 0.3) is 11.3 Å². The maximum absolute atomic E-state index is 15.4. The molecule has 1 saturated carbocycles. The van der Waals surface area contributed by atoms with Crippen molar-refractivity contribution < 1.29 is 9.50 Å². The first-order valence-corrected chi connectivity index (χ1v) is 9.40. The molecule has 0 spiro atoms. The molecule has 0 radical (unpaired) electrons. The van der Waals surface area contributed by atoms with Crippen LogP contribution in [-0.2, 0) is 0 Å². The minimum atomic E-state index is -1.10. The molecular formula is C21H27FN2O. The number of aromatic nitrogens is 2. The number of fused-ring (bicyclic) bond motifs is 3. The zero-order valence-corrected chi connectivity index (χ0v) is 15.1. The molecular weight excluding hydrogens is 315 g/mol. The van der Waals surface area contributed by atoms with Gasteiger partial charge >= 0.3 is 0 Å². The van der Waals surface area contributed by atoms with E-state index in [1.165, 1.54) is 11.1 Å². The quantitative estimate of drug-likeness (QED) is 0.858. The van der Waals surface area contributed by atoms with Crippen molar-refractivity contribution in [2.45, 2.75) is 69.7 Å². The molecule has 1 aromatic heterocycles. The van der Waals surface area contributed by atoms with Crippen molar-refractivity contribution in [3.63, 3.8) is 0 Å². The molecule has 0 amide bonds. The van der Waals surface area contributed by atoms with E-state index in [4.69, 9.17) is 0 Å². The highest BCUT2D eigenvalue weighted by atomic mass is 19.1. The van der Waals surface area contributed by atoms with Crippen LogP contribution in [0.5, 0.6) is 0 Å². The third-order valence-electron chi connectivity index (χ3n) is 6.34. The molecule has 1 fully saturated rings. The Balaban J connectivity index is 1.46. The fourth-order valence-corrected chi connectivity index (χ4v) is 4.71. The second kappa shape index (κ2) is 5.94. The Morgan fingerprint density at radius 2 is 2.00 bits per heavy atom. The number of hydrogen-bond acceptors (Lipinski definition) is 2. The lowest BCUT2D eigenvalue weighted by molar-refractivity contribution is -0.0312. The molecule has 134 valence electrons. The van der Waals surface area contributed by atoms with Gasteiger partial charge in [0.25, 0.3) is 0 Å². The predicted octanol–water partition coefficient (Wildman–Crippen LogP) is 4.90. The van der Waals surface area contributed by atoms with E-state index in [0.29, 0.717) is 19.3 Å². The lowest BCUT2D eigenvalue weighted by atomic mass is 9.72. The summed E-state index contributed by atoms with van der Waals surface area (Å²) in [5, 5.41) is 10.2. The number of hydrogen-bond donors (Lipinski definition) is 1. The number of alkyl halides is 1. The van der Waals surface area contributed by atoms with Crippen LogP contribution < -0.4 is 0 Å². The highest BCUT2D eigenvalue weighted by Crippen LogP contribution is 2.46. The summed E-state index contributed by atoms with van der Waals surface area (Å²) in [5.74, 6) is 0.212. The summed E-state index contributed by atoms with van der Waals surface area (Å²) in [5.41, 5.74) is 1.86. The summed E-state index contributed by atoms with van der Waals surface area (Å²) in [7, 11) is 0. The van der Waals surface area contributed by atoms with Crippen LogP contribution in [-0.4, -0.2) is 25.9 Å². The highest BCUT2D eigenvalue weighted by molar-refractivity contribution is 5.68. The normalized spacial score (nSPS) is 28.6. The summed E-state index contributed by atoms with van der Waals surface area (Å²) in [6.07, 6.45) is 7.82. The first-order chi connectivity index (χ1) is 11.9. The van der Waals surface area contributed by atoms with Crippen LogP contribution in [0.3, 0.4) is 0 Å². The topological polar surface area (TPSA) is 38.1 Å². The van der Waals surface area contributed by atoms with E-state index < -0.39 is 11.3 Å². The Hall–Kier alpha value is -1.68. The average molecular weight is 342 g/mol. The molecule has 2 heterocycles. The fraction of sp³-hybridized carbons (Fsp3) is 0.571. The van der Waals surface area contributed by atoms with Crippen LogP contribution in [0.2, 0.25) is 0 Å². The van der Waals surface area contributed by atoms with Gasteiger partial charge in [-0.05, 0) is 63.9 Å². The Kier molecular flexibility index (Phi) is 3.99. The van der Waals surface area contributed by atoms with Crippen molar-refractivity contribution in [3.05, 3.63) is 42.4 Å². The number of benzene rings is 1.